The first-order valence-corrected chi connectivity index (χ1v) is 6.13. The van der Waals surface area contributed by atoms with Crippen LogP contribution in [0.3, 0.4) is 0 Å². The van der Waals surface area contributed by atoms with Gasteiger partial charge < -0.3 is 5.32 Å². The molecule has 1 fully saturated rings. The summed E-state index contributed by atoms with van der Waals surface area (Å²) in [6.45, 7) is 4.54. The van der Waals surface area contributed by atoms with Crippen molar-refractivity contribution in [1.82, 2.24) is 24.9 Å². The van der Waals surface area contributed by atoms with Gasteiger partial charge in [-0.2, -0.15) is 4.98 Å². The summed E-state index contributed by atoms with van der Waals surface area (Å²) < 4.78 is 1.60. The van der Waals surface area contributed by atoms with Crippen molar-refractivity contribution in [1.29, 1.82) is 0 Å². The Morgan fingerprint density at radius 2 is 2.22 bits per heavy atom. The van der Waals surface area contributed by atoms with Crippen molar-refractivity contribution >= 4 is 11.7 Å². The minimum Gasteiger partial charge on any atom is -0.349 e. The third kappa shape index (κ3) is 2.05. The molecule has 0 unspecified atom stereocenters. The molecule has 0 aliphatic heterocycles. The van der Waals surface area contributed by atoms with Crippen LogP contribution in [0.2, 0.25) is 0 Å². The SMILES string of the molecule is Cc1cc(C)n2nc(C(=O)NCC3CC3)nc2n1. The highest BCUT2D eigenvalue weighted by Gasteiger charge is 2.23. The van der Waals surface area contributed by atoms with Crippen LogP contribution in [0.1, 0.15) is 34.8 Å². The summed E-state index contributed by atoms with van der Waals surface area (Å²) in [6, 6.07) is 1.91. The lowest BCUT2D eigenvalue weighted by atomic mass is 10.4. The number of carbonyl (C=O) groups excluding carboxylic acids is 1. The summed E-state index contributed by atoms with van der Waals surface area (Å²) in [5.74, 6) is 1.10. The maximum atomic E-state index is 11.9. The third-order valence-corrected chi connectivity index (χ3v) is 3.07. The Morgan fingerprint density at radius 3 is 2.94 bits per heavy atom. The summed E-state index contributed by atoms with van der Waals surface area (Å²) in [7, 11) is 0. The summed E-state index contributed by atoms with van der Waals surface area (Å²) in [4.78, 5) is 20.3. The summed E-state index contributed by atoms with van der Waals surface area (Å²) in [5, 5.41) is 7.03. The number of hydrogen-bond acceptors (Lipinski definition) is 4. The Morgan fingerprint density at radius 1 is 1.44 bits per heavy atom. The Kier molecular flexibility index (Phi) is 2.50. The van der Waals surface area contributed by atoms with Crippen molar-refractivity contribution < 1.29 is 4.79 Å². The first-order valence-electron chi connectivity index (χ1n) is 6.13. The molecule has 0 saturated heterocycles. The van der Waals surface area contributed by atoms with E-state index in [1.54, 1.807) is 4.52 Å². The fourth-order valence-electron chi connectivity index (χ4n) is 1.90. The number of amides is 1. The second-order valence-electron chi connectivity index (χ2n) is 4.84. The molecule has 94 valence electrons. The van der Waals surface area contributed by atoms with Crippen molar-refractivity contribution in [3.05, 3.63) is 23.3 Å². The van der Waals surface area contributed by atoms with Crippen molar-refractivity contribution in [3.8, 4) is 0 Å². The van der Waals surface area contributed by atoms with Crippen LogP contribution in [0.4, 0.5) is 0 Å². The Labute approximate surface area is 104 Å². The van der Waals surface area contributed by atoms with E-state index in [-0.39, 0.29) is 11.7 Å². The predicted octanol–water partition coefficient (Wildman–Crippen LogP) is 0.881. The topological polar surface area (TPSA) is 72.2 Å². The molecule has 0 bridgehead atoms. The van der Waals surface area contributed by atoms with E-state index >= 15 is 0 Å². The van der Waals surface area contributed by atoms with Gasteiger partial charge in [-0.3, -0.25) is 4.79 Å². The van der Waals surface area contributed by atoms with Gasteiger partial charge in [0.2, 0.25) is 5.82 Å². The van der Waals surface area contributed by atoms with Crippen molar-refractivity contribution in [2.45, 2.75) is 26.7 Å². The van der Waals surface area contributed by atoms with Crippen LogP contribution < -0.4 is 5.32 Å². The quantitative estimate of drug-likeness (QED) is 0.871. The van der Waals surface area contributed by atoms with Gasteiger partial charge in [0.05, 0.1) is 0 Å². The minimum absolute atomic E-state index is 0.192. The molecule has 0 radical (unpaired) electrons. The Bertz CT molecular complexity index is 614. The van der Waals surface area contributed by atoms with E-state index in [0.717, 1.165) is 17.9 Å². The van der Waals surface area contributed by atoms with E-state index in [2.05, 4.69) is 20.4 Å². The Balaban J connectivity index is 1.87. The van der Waals surface area contributed by atoms with Crippen molar-refractivity contribution in [2.75, 3.05) is 6.54 Å². The molecule has 1 aliphatic rings. The number of aromatic nitrogens is 4. The van der Waals surface area contributed by atoms with Gasteiger partial charge in [-0.25, -0.2) is 9.50 Å². The van der Waals surface area contributed by atoms with E-state index in [4.69, 9.17) is 0 Å². The van der Waals surface area contributed by atoms with Gasteiger partial charge in [0.25, 0.3) is 11.7 Å². The fourth-order valence-corrected chi connectivity index (χ4v) is 1.90. The van der Waals surface area contributed by atoms with Gasteiger partial charge in [-0.1, -0.05) is 0 Å². The first kappa shape index (κ1) is 11.1. The lowest BCUT2D eigenvalue weighted by Crippen LogP contribution is -2.26. The highest BCUT2D eigenvalue weighted by atomic mass is 16.2. The largest absolute Gasteiger partial charge is 0.349 e. The molecule has 1 amide bonds. The van der Waals surface area contributed by atoms with Crippen LogP contribution >= 0.6 is 0 Å². The molecule has 1 saturated carbocycles. The van der Waals surface area contributed by atoms with Crippen LogP contribution in [0.5, 0.6) is 0 Å². The second kappa shape index (κ2) is 4.04. The summed E-state index contributed by atoms with van der Waals surface area (Å²) in [6.07, 6.45) is 2.41. The van der Waals surface area contributed by atoms with Gasteiger partial charge in [0.1, 0.15) is 0 Å². The monoisotopic (exact) mass is 245 g/mol. The van der Waals surface area contributed by atoms with Gasteiger partial charge in [0, 0.05) is 17.9 Å². The van der Waals surface area contributed by atoms with E-state index < -0.39 is 0 Å². The standard InChI is InChI=1S/C12H15N5O/c1-7-5-8(2)17-12(14-7)15-10(16-17)11(18)13-6-9-3-4-9/h5,9H,3-4,6H2,1-2H3,(H,13,18). The predicted molar refractivity (Wildman–Crippen MR) is 65.3 cm³/mol. The first-order chi connectivity index (χ1) is 8.63. The summed E-state index contributed by atoms with van der Waals surface area (Å²) >= 11 is 0. The zero-order valence-electron chi connectivity index (χ0n) is 10.5. The molecule has 0 atom stereocenters. The molecular weight excluding hydrogens is 230 g/mol. The smallest absolute Gasteiger partial charge is 0.291 e. The van der Waals surface area contributed by atoms with Gasteiger partial charge in [0.15, 0.2) is 0 Å². The lowest BCUT2D eigenvalue weighted by Gasteiger charge is -1.98. The van der Waals surface area contributed by atoms with Crippen LogP contribution in [-0.2, 0) is 0 Å². The third-order valence-electron chi connectivity index (χ3n) is 3.07. The van der Waals surface area contributed by atoms with Gasteiger partial charge >= 0.3 is 0 Å². The minimum atomic E-state index is -0.218. The maximum absolute atomic E-state index is 11.9. The molecule has 6 heteroatoms. The van der Waals surface area contributed by atoms with Gasteiger partial charge in [-0.15, -0.1) is 5.10 Å². The van der Waals surface area contributed by atoms with E-state index in [0.29, 0.717) is 11.7 Å². The number of aryl methyl sites for hydroxylation is 2. The molecule has 2 heterocycles. The molecule has 1 aliphatic carbocycles. The summed E-state index contributed by atoms with van der Waals surface area (Å²) in [5.41, 5.74) is 1.79. The zero-order chi connectivity index (χ0) is 12.7. The molecule has 1 N–H and O–H groups in total. The average Bonchev–Trinajstić information content (AvgIpc) is 3.04. The average molecular weight is 245 g/mol. The number of hydrogen-bond donors (Lipinski definition) is 1. The highest BCUT2D eigenvalue weighted by molar-refractivity contribution is 5.90. The molecule has 6 nitrogen and oxygen atoms in total. The van der Waals surface area contributed by atoms with Crippen LogP contribution in [-0.4, -0.2) is 32.0 Å². The molecule has 3 rings (SSSR count). The van der Waals surface area contributed by atoms with Crippen molar-refractivity contribution in [2.24, 2.45) is 5.92 Å². The molecule has 18 heavy (non-hydrogen) atoms. The van der Waals surface area contributed by atoms with Crippen molar-refractivity contribution in [3.63, 3.8) is 0 Å². The number of fused-ring (bicyclic) bond motifs is 1. The number of nitrogens with zero attached hydrogens (tertiary/aromatic N) is 4. The fraction of sp³-hybridized carbons (Fsp3) is 0.500. The normalized spacial score (nSPS) is 15.0. The zero-order valence-corrected chi connectivity index (χ0v) is 10.5. The van der Waals surface area contributed by atoms with E-state index in [1.807, 2.05) is 19.9 Å². The highest BCUT2D eigenvalue weighted by Crippen LogP contribution is 2.27. The lowest BCUT2D eigenvalue weighted by molar-refractivity contribution is 0.0941. The molecule has 2 aromatic rings. The van der Waals surface area contributed by atoms with Gasteiger partial charge in [-0.05, 0) is 38.7 Å². The maximum Gasteiger partial charge on any atom is 0.291 e. The van der Waals surface area contributed by atoms with Crippen LogP contribution in [0.25, 0.3) is 5.78 Å². The van der Waals surface area contributed by atoms with E-state index in [9.17, 15) is 4.79 Å². The van der Waals surface area contributed by atoms with E-state index in [1.165, 1.54) is 12.8 Å². The molecular formula is C12H15N5O. The number of rotatable bonds is 3. The molecule has 2 aromatic heterocycles. The second-order valence-corrected chi connectivity index (χ2v) is 4.84. The van der Waals surface area contributed by atoms with Crippen LogP contribution in [0.15, 0.2) is 6.07 Å². The Hall–Kier alpha value is -1.98. The molecule has 0 aromatic carbocycles. The number of carbonyl (C=O) groups is 1. The number of nitrogens with one attached hydrogen (secondary N) is 1. The van der Waals surface area contributed by atoms with Crippen LogP contribution in [0, 0.1) is 19.8 Å². The molecule has 0 spiro atoms.